The molecular weight excluding hydrogens is 430 g/mol. The summed E-state index contributed by atoms with van der Waals surface area (Å²) in [5.41, 5.74) is -1.34. The number of pyridine rings is 1. The van der Waals surface area contributed by atoms with E-state index in [1.807, 2.05) is 0 Å². The number of benzene rings is 2. The average Bonchev–Trinajstić information content (AvgIpc) is 2.74. The normalized spacial score (nSPS) is 10.8. The first kappa shape index (κ1) is 21.3. The second-order valence-corrected chi connectivity index (χ2v) is 7.73. The molecule has 0 unspecified atom stereocenters. The van der Waals surface area contributed by atoms with Crippen LogP contribution >= 0.6 is 0 Å². The van der Waals surface area contributed by atoms with E-state index in [9.17, 15) is 33.4 Å². The van der Waals surface area contributed by atoms with Crippen molar-refractivity contribution >= 4 is 38.8 Å². The Morgan fingerprint density at radius 3 is 2.03 bits per heavy atom. The predicted octanol–water partition coefficient (Wildman–Crippen LogP) is 2.95. The smallest absolute Gasteiger partial charge is 0.277 e. The van der Waals surface area contributed by atoms with E-state index in [2.05, 4.69) is 15.0 Å². The number of anilines is 2. The second kappa shape index (κ2) is 8.54. The Kier molecular flexibility index (Phi) is 5.88. The van der Waals surface area contributed by atoms with E-state index in [-0.39, 0.29) is 22.0 Å². The molecule has 1 amide bonds. The molecule has 158 valence electrons. The highest BCUT2D eigenvalue weighted by atomic mass is 32.2. The maximum atomic E-state index is 12.4. The van der Waals surface area contributed by atoms with Gasteiger partial charge in [0.15, 0.2) is 0 Å². The summed E-state index contributed by atoms with van der Waals surface area (Å²) < 4.78 is 27.1. The van der Waals surface area contributed by atoms with Gasteiger partial charge in [-0.25, -0.2) is 13.4 Å². The molecule has 1 heterocycles. The summed E-state index contributed by atoms with van der Waals surface area (Å²) in [5.74, 6) is -0.707. The van der Waals surface area contributed by atoms with Crippen LogP contribution in [0.15, 0.2) is 71.8 Å². The number of sulfonamides is 1. The van der Waals surface area contributed by atoms with E-state index < -0.39 is 37.2 Å². The van der Waals surface area contributed by atoms with Gasteiger partial charge in [-0.05, 0) is 36.4 Å². The van der Waals surface area contributed by atoms with Crippen molar-refractivity contribution in [2.45, 2.75) is 4.90 Å². The maximum absolute atomic E-state index is 12.4. The van der Waals surface area contributed by atoms with E-state index in [1.54, 1.807) is 12.1 Å². The van der Waals surface area contributed by atoms with Crippen LogP contribution in [0.25, 0.3) is 0 Å². The number of rotatable bonds is 7. The van der Waals surface area contributed by atoms with Gasteiger partial charge in [0.05, 0.1) is 26.4 Å². The van der Waals surface area contributed by atoms with Gasteiger partial charge in [0.2, 0.25) is 0 Å². The third-order valence-corrected chi connectivity index (χ3v) is 5.28. The molecule has 1 aromatic heterocycles. The molecule has 2 aromatic carbocycles. The van der Waals surface area contributed by atoms with E-state index >= 15 is 0 Å². The van der Waals surface area contributed by atoms with Crippen molar-refractivity contribution in [3.8, 4) is 0 Å². The molecule has 0 radical (unpaired) electrons. The van der Waals surface area contributed by atoms with Crippen LogP contribution < -0.4 is 10.0 Å². The SMILES string of the molecule is O=C(Nc1ccc(S(=O)(=O)Nc2ccccn2)cc1)c1cc([N+](=O)[O-])cc([N+](=O)[O-])c1. The number of aromatic nitrogens is 1. The number of hydrogen-bond donors (Lipinski definition) is 2. The first-order valence-electron chi connectivity index (χ1n) is 8.45. The number of nitrogens with one attached hydrogen (secondary N) is 2. The Labute approximate surface area is 174 Å². The lowest BCUT2D eigenvalue weighted by atomic mass is 10.1. The summed E-state index contributed by atoms with van der Waals surface area (Å²) in [5, 5.41) is 24.3. The average molecular weight is 443 g/mol. The zero-order valence-electron chi connectivity index (χ0n) is 15.5. The lowest BCUT2D eigenvalue weighted by Crippen LogP contribution is -2.15. The van der Waals surface area contributed by atoms with Crippen LogP contribution in [0.1, 0.15) is 10.4 Å². The monoisotopic (exact) mass is 443 g/mol. The highest BCUT2D eigenvalue weighted by Crippen LogP contribution is 2.24. The molecular formula is C18H13N5O7S. The molecule has 3 rings (SSSR count). The van der Waals surface area contributed by atoms with Crippen LogP contribution in [0, 0.1) is 20.2 Å². The minimum absolute atomic E-state index is 0.0952. The summed E-state index contributed by atoms with van der Waals surface area (Å²) in [4.78, 5) is 36.4. The van der Waals surface area contributed by atoms with Crippen molar-refractivity contribution < 1.29 is 23.1 Å². The topological polar surface area (TPSA) is 174 Å². The molecule has 0 fully saturated rings. The summed E-state index contributed by atoms with van der Waals surface area (Å²) in [6, 6.07) is 12.3. The first-order valence-corrected chi connectivity index (χ1v) is 9.93. The van der Waals surface area contributed by atoms with Crippen molar-refractivity contribution in [1.29, 1.82) is 0 Å². The van der Waals surface area contributed by atoms with Crippen molar-refractivity contribution in [3.05, 3.63) is 92.7 Å². The van der Waals surface area contributed by atoms with Crippen LogP contribution in [-0.4, -0.2) is 29.2 Å². The molecule has 0 spiro atoms. The molecule has 0 aliphatic heterocycles. The molecule has 0 saturated carbocycles. The molecule has 0 saturated heterocycles. The molecule has 3 aromatic rings. The van der Waals surface area contributed by atoms with Gasteiger partial charge in [-0.3, -0.25) is 29.7 Å². The molecule has 0 aliphatic rings. The molecule has 0 bridgehead atoms. The summed E-state index contributed by atoms with van der Waals surface area (Å²) in [7, 11) is -3.92. The fourth-order valence-electron chi connectivity index (χ4n) is 2.48. The van der Waals surface area contributed by atoms with Gasteiger partial charge in [-0.1, -0.05) is 6.07 Å². The number of nitro groups is 2. The number of nitro benzene ring substituents is 2. The molecule has 2 N–H and O–H groups in total. The van der Waals surface area contributed by atoms with Gasteiger partial charge in [0.1, 0.15) is 5.82 Å². The lowest BCUT2D eigenvalue weighted by molar-refractivity contribution is -0.394. The summed E-state index contributed by atoms with van der Waals surface area (Å²) >= 11 is 0. The largest absolute Gasteiger partial charge is 0.322 e. The summed E-state index contributed by atoms with van der Waals surface area (Å²) in [6.45, 7) is 0. The third kappa shape index (κ3) is 5.16. The van der Waals surface area contributed by atoms with Crippen molar-refractivity contribution in [3.63, 3.8) is 0 Å². The van der Waals surface area contributed by atoms with Crippen molar-refractivity contribution in [2.24, 2.45) is 0 Å². The van der Waals surface area contributed by atoms with Gasteiger partial charge in [0.25, 0.3) is 27.3 Å². The number of hydrogen-bond acceptors (Lipinski definition) is 8. The Hall–Kier alpha value is -4.39. The van der Waals surface area contributed by atoms with Crippen LogP contribution in [0.3, 0.4) is 0 Å². The fraction of sp³-hybridized carbons (Fsp3) is 0. The Bertz CT molecular complexity index is 1230. The van der Waals surface area contributed by atoms with Crippen LogP contribution in [0.2, 0.25) is 0 Å². The van der Waals surface area contributed by atoms with Crippen LogP contribution in [-0.2, 0) is 10.0 Å². The Morgan fingerprint density at radius 1 is 0.903 bits per heavy atom. The minimum Gasteiger partial charge on any atom is -0.322 e. The van der Waals surface area contributed by atoms with Crippen LogP contribution in [0.4, 0.5) is 22.9 Å². The minimum atomic E-state index is -3.92. The van der Waals surface area contributed by atoms with Gasteiger partial charge < -0.3 is 5.32 Å². The van der Waals surface area contributed by atoms with E-state index in [4.69, 9.17) is 0 Å². The highest BCUT2D eigenvalue weighted by molar-refractivity contribution is 7.92. The molecule has 0 aliphatic carbocycles. The highest BCUT2D eigenvalue weighted by Gasteiger charge is 2.20. The second-order valence-electron chi connectivity index (χ2n) is 6.05. The number of carbonyl (C=O) groups excluding carboxylic acids is 1. The van der Waals surface area contributed by atoms with Gasteiger partial charge >= 0.3 is 0 Å². The lowest BCUT2D eigenvalue weighted by Gasteiger charge is -2.09. The third-order valence-electron chi connectivity index (χ3n) is 3.91. The van der Waals surface area contributed by atoms with Crippen LogP contribution in [0.5, 0.6) is 0 Å². The van der Waals surface area contributed by atoms with Gasteiger partial charge in [-0.2, -0.15) is 0 Å². The quantitative estimate of drug-likeness (QED) is 0.414. The maximum Gasteiger partial charge on any atom is 0.277 e. The zero-order valence-corrected chi connectivity index (χ0v) is 16.3. The predicted molar refractivity (Wildman–Crippen MR) is 109 cm³/mol. The van der Waals surface area contributed by atoms with E-state index in [0.29, 0.717) is 0 Å². The van der Waals surface area contributed by atoms with E-state index in [1.165, 1.54) is 36.5 Å². The van der Waals surface area contributed by atoms with Gasteiger partial charge in [0, 0.05) is 24.0 Å². The Morgan fingerprint density at radius 2 is 1.52 bits per heavy atom. The number of non-ortho nitro benzene ring substituents is 2. The van der Waals surface area contributed by atoms with Crippen molar-refractivity contribution in [1.82, 2.24) is 4.98 Å². The number of nitrogens with zero attached hydrogens (tertiary/aromatic N) is 3. The van der Waals surface area contributed by atoms with Crippen molar-refractivity contribution in [2.75, 3.05) is 10.0 Å². The standard InChI is InChI=1S/C18H13N5O7S/c24-18(12-9-14(22(25)26)11-15(10-12)23(27)28)20-13-4-6-16(7-5-13)31(29,30)21-17-3-1-2-8-19-17/h1-11H,(H,19,21)(H,20,24). The first-order chi connectivity index (χ1) is 14.7. The number of carbonyl (C=O) groups is 1. The van der Waals surface area contributed by atoms with E-state index in [0.717, 1.165) is 18.2 Å². The molecule has 31 heavy (non-hydrogen) atoms. The van der Waals surface area contributed by atoms with Gasteiger partial charge in [-0.15, -0.1) is 0 Å². The number of amides is 1. The molecule has 13 heteroatoms. The fourth-order valence-corrected chi connectivity index (χ4v) is 3.49. The Balaban J connectivity index is 1.79. The molecule has 12 nitrogen and oxygen atoms in total. The molecule has 0 atom stereocenters. The summed E-state index contributed by atoms with van der Waals surface area (Å²) in [6.07, 6.45) is 1.43. The zero-order chi connectivity index (χ0) is 22.6.